The lowest BCUT2D eigenvalue weighted by Crippen LogP contribution is -1.93. The molecule has 1 aromatic heterocycles. The molecule has 0 radical (unpaired) electrons. The summed E-state index contributed by atoms with van der Waals surface area (Å²) in [5.41, 5.74) is 10.5. The van der Waals surface area contributed by atoms with Crippen LogP contribution in [0.2, 0.25) is 0 Å². The molecule has 0 aliphatic carbocycles. The molecule has 17 heavy (non-hydrogen) atoms. The monoisotopic (exact) mass is 222 g/mol. The van der Waals surface area contributed by atoms with Crippen molar-refractivity contribution in [3.8, 4) is 11.3 Å². The number of nitrogens with two attached hydrogens (primary N) is 1. The Balaban J connectivity index is 2.38. The Morgan fingerprint density at radius 2 is 1.53 bits per heavy atom. The predicted molar refractivity (Wildman–Crippen MR) is 72.8 cm³/mol. The van der Waals surface area contributed by atoms with Crippen molar-refractivity contribution in [3.63, 3.8) is 0 Å². The van der Waals surface area contributed by atoms with Crippen LogP contribution in [-0.2, 0) is 7.05 Å². The second-order valence-corrected chi connectivity index (χ2v) is 4.20. The minimum Gasteiger partial charge on any atom is -0.396 e. The van der Waals surface area contributed by atoms with Crippen LogP contribution < -0.4 is 5.73 Å². The van der Waals surface area contributed by atoms with Gasteiger partial charge in [0.2, 0.25) is 0 Å². The van der Waals surface area contributed by atoms with Crippen LogP contribution in [0.5, 0.6) is 0 Å². The molecule has 0 saturated carbocycles. The fraction of sp³-hybridized carbons (Fsp3) is 0.0667. The molecule has 0 bridgehead atoms. The Kier molecular flexibility index (Phi) is 2.15. The van der Waals surface area contributed by atoms with E-state index >= 15 is 0 Å². The van der Waals surface area contributed by atoms with Crippen LogP contribution >= 0.6 is 0 Å². The number of aryl methyl sites for hydroxylation is 1. The van der Waals surface area contributed by atoms with E-state index in [1.165, 1.54) is 5.52 Å². The Bertz CT molecular complexity index is 627. The summed E-state index contributed by atoms with van der Waals surface area (Å²) in [4.78, 5) is 0. The van der Waals surface area contributed by atoms with Crippen LogP contribution in [-0.4, -0.2) is 4.57 Å². The van der Waals surface area contributed by atoms with Gasteiger partial charge in [0.1, 0.15) is 0 Å². The Morgan fingerprint density at radius 1 is 0.882 bits per heavy atom. The maximum absolute atomic E-state index is 6.25. The highest BCUT2D eigenvalue weighted by atomic mass is 15.0. The molecule has 2 N–H and O–H groups in total. The van der Waals surface area contributed by atoms with Crippen molar-refractivity contribution >= 4 is 16.6 Å². The van der Waals surface area contributed by atoms with Crippen LogP contribution in [0.4, 0.5) is 5.69 Å². The van der Waals surface area contributed by atoms with E-state index in [1.54, 1.807) is 0 Å². The summed E-state index contributed by atoms with van der Waals surface area (Å²) in [6, 6.07) is 18.5. The second-order valence-electron chi connectivity index (χ2n) is 4.20. The highest BCUT2D eigenvalue weighted by Gasteiger charge is 2.12. The summed E-state index contributed by atoms with van der Waals surface area (Å²) in [6.45, 7) is 0. The van der Waals surface area contributed by atoms with E-state index in [0.29, 0.717) is 0 Å². The molecule has 0 atom stereocenters. The first kappa shape index (κ1) is 9.97. The molecular formula is C15H14N2. The first-order valence-electron chi connectivity index (χ1n) is 5.67. The van der Waals surface area contributed by atoms with Crippen LogP contribution in [0.25, 0.3) is 22.2 Å². The third kappa shape index (κ3) is 1.41. The number of fused-ring (bicyclic) bond motifs is 1. The van der Waals surface area contributed by atoms with E-state index in [4.69, 9.17) is 5.73 Å². The van der Waals surface area contributed by atoms with Gasteiger partial charge in [-0.1, -0.05) is 48.5 Å². The van der Waals surface area contributed by atoms with Crippen molar-refractivity contribution < 1.29 is 0 Å². The van der Waals surface area contributed by atoms with Crippen molar-refractivity contribution in [2.45, 2.75) is 0 Å². The van der Waals surface area contributed by atoms with E-state index < -0.39 is 0 Å². The van der Waals surface area contributed by atoms with Gasteiger partial charge in [0.25, 0.3) is 0 Å². The highest BCUT2D eigenvalue weighted by Crippen LogP contribution is 2.34. The lowest BCUT2D eigenvalue weighted by Gasteiger charge is -2.05. The van der Waals surface area contributed by atoms with Crippen molar-refractivity contribution in [3.05, 3.63) is 54.6 Å². The molecule has 2 heteroatoms. The minimum atomic E-state index is 0.856. The number of hydrogen-bond acceptors (Lipinski definition) is 1. The van der Waals surface area contributed by atoms with E-state index in [9.17, 15) is 0 Å². The molecule has 0 unspecified atom stereocenters. The van der Waals surface area contributed by atoms with Gasteiger partial charge in [-0.05, 0) is 6.07 Å². The number of anilines is 1. The quantitative estimate of drug-likeness (QED) is 0.672. The van der Waals surface area contributed by atoms with Gasteiger partial charge in [-0.2, -0.15) is 0 Å². The standard InChI is InChI=1S/C15H14N2/c1-17-13-10-6-5-9-12(13)14(16)15(17)11-7-3-2-4-8-11/h2-10H,16H2,1H3. The molecule has 0 fully saturated rings. The molecule has 3 aromatic rings. The van der Waals surface area contributed by atoms with Crippen LogP contribution in [0.3, 0.4) is 0 Å². The third-order valence-electron chi connectivity index (χ3n) is 3.19. The number of aromatic nitrogens is 1. The topological polar surface area (TPSA) is 30.9 Å². The highest BCUT2D eigenvalue weighted by molar-refractivity contribution is 6.00. The predicted octanol–water partition coefficient (Wildman–Crippen LogP) is 3.43. The van der Waals surface area contributed by atoms with Gasteiger partial charge < -0.3 is 10.3 Å². The Morgan fingerprint density at radius 3 is 2.24 bits per heavy atom. The molecule has 0 saturated heterocycles. The number of para-hydroxylation sites is 1. The number of nitrogens with zero attached hydrogens (tertiary/aromatic N) is 1. The number of rotatable bonds is 1. The largest absolute Gasteiger partial charge is 0.396 e. The van der Waals surface area contributed by atoms with Gasteiger partial charge in [-0.15, -0.1) is 0 Å². The van der Waals surface area contributed by atoms with E-state index in [2.05, 4.69) is 35.9 Å². The normalized spacial score (nSPS) is 10.9. The number of benzene rings is 2. The van der Waals surface area contributed by atoms with Crippen molar-refractivity contribution in [2.24, 2.45) is 7.05 Å². The summed E-state index contributed by atoms with van der Waals surface area (Å²) in [7, 11) is 2.06. The van der Waals surface area contributed by atoms with Gasteiger partial charge in [0.05, 0.1) is 16.9 Å². The fourth-order valence-corrected chi connectivity index (χ4v) is 2.37. The average molecular weight is 222 g/mol. The molecule has 0 amide bonds. The summed E-state index contributed by atoms with van der Waals surface area (Å²) >= 11 is 0. The molecule has 3 rings (SSSR count). The van der Waals surface area contributed by atoms with Crippen LogP contribution in [0.15, 0.2) is 54.6 Å². The summed E-state index contributed by atoms with van der Waals surface area (Å²) in [5, 5.41) is 1.12. The molecule has 0 aliphatic rings. The van der Waals surface area contributed by atoms with E-state index in [-0.39, 0.29) is 0 Å². The number of nitrogen functional groups attached to an aromatic ring is 1. The average Bonchev–Trinajstić information content (AvgIpc) is 2.64. The zero-order valence-corrected chi connectivity index (χ0v) is 9.72. The molecular weight excluding hydrogens is 208 g/mol. The summed E-state index contributed by atoms with van der Waals surface area (Å²) in [5.74, 6) is 0. The third-order valence-corrected chi connectivity index (χ3v) is 3.19. The van der Waals surface area contributed by atoms with Crippen LogP contribution in [0, 0.1) is 0 Å². The fourth-order valence-electron chi connectivity index (χ4n) is 2.37. The van der Waals surface area contributed by atoms with Gasteiger partial charge in [-0.25, -0.2) is 0 Å². The Hall–Kier alpha value is -2.22. The second kappa shape index (κ2) is 3.67. The molecule has 0 spiro atoms. The SMILES string of the molecule is Cn1c(-c2ccccc2)c(N)c2ccccc21. The molecule has 2 aromatic carbocycles. The zero-order chi connectivity index (χ0) is 11.8. The molecule has 84 valence electrons. The Labute approximate surface area is 100 Å². The van der Waals surface area contributed by atoms with E-state index in [0.717, 1.165) is 22.3 Å². The van der Waals surface area contributed by atoms with Crippen molar-refractivity contribution in [1.82, 2.24) is 4.57 Å². The van der Waals surface area contributed by atoms with E-state index in [1.807, 2.05) is 30.3 Å². The lowest BCUT2D eigenvalue weighted by atomic mass is 10.1. The first-order chi connectivity index (χ1) is 8.29. The maximum Gasteiger partial charge on any atom is 0.0722 e. The zero-order valence-electron chi connectivity index (χ0n) is 9.72. The van der Waals surface area contributed by atoms with Gasteiger partial charge in [-0.3, -0.25) is 0 Å². The number of hydrogen-bond donors (Lipinski definition) is 1. The van der Waals surface area contributed by atoms with Gasteiger partial charge in [0, 0.05) is 18.0 Å². The summed E-state index contributed by atoms with van der Waals surface area (Å²) < 4.78 is 2.15. The lowest BCUT2D eigenvalue weighted by molar-refractivity contribution is 0.979. The minimum absolute atomic E-state index is 0.856. The van der Waals surface area contributed by atoms with Crippen LogP contribution in [0.1, 0.15) is 0 Å². The molecule has 2 nitrogen and oxygen atoms in total. The van der Waals surface area contributed by atoms with Crippen molar-refractivity contribution in [2.75, 3.05) is 5.73 Å². The first-order valence-corrected chi connectivity index (χ1v) is 5.67. The van der Waals surface area contributed by atoms with Crippen molar-refractivity contribution in [1.29, 1.82) is 0 Å². The van der Waals surface area contributed by atoms with Gasteiger partial charge in [0.15, 0.2) is 0 Å². The smallest absolute Gasteiger partial charge is 0.0722 e. The maximum atomic E-state index is 6.25. The summed E-state index contributed by atoms with van der Waals surface area (Å²) in [6.07, 6.45) is 0. The molecule has 0 aliphatic heterocycles. The van der Waals surface area contributed by atoms with Gasteiger partial charge >= 0.3 is 0 Å². The molecule has 1 heterocycles.